The van der Waals surface area contributed by atoms with E-state index in [1.54, 1.807) is 6.92 Å². The van der Waals surface area contributed by atoms with Gasteiger partial charge in [0.2, 0.25) is 10.0 Å². The molecule has 8 heteroatoms. The van der Waals surface area contributed by atoms with Crippen molar-refractivity contribution in [1.29, 1.82) is 0 Å². The molecule has 6 nitrogen and oxygen atoms in total. The third-order valence-corrected chi connectivity index (χ3v) is 6.25. The fraction of sp³-hybridized carbons (Fsp3) is 0.632. The number of sulfonamides is 1. The second kappa shape index (κ2) is 11.9. The van der Waals surface area contributed by atoms with E-state index in [0.717, 1.165) is 32.0 Å². The van der Waals surface area contributed by atoms with Crippen molar-refractivity contribution in [1.82, 2.24) is 14.9 Å². The number of piperidine rings is 1. The molecule has 2 atom stereocenters. The number of aliphatic imine (C=N–C) groups is 1. The SMILES string of the molecule is CCNC(=NCCNS(=O)(=O)CC)N1CCC(c2ccccc2)C(C)C1.I. The Kier molecular flexibility index (Phi) is 10.6. The maximum absolute atomic E-state index is 11.5. The van der Waals surface area contributed by atoms with E-state index in [0.29, 0.717) is 24.9 Å². The van der Waals surface area contributed by atoms with E-state index in [1.165, 1.54) is 5.56 Å². The Hall–Kier alpha value is -0.870. The monoisotopic (exact) mass is 508 g/mol. The number of rotatable bonds is 7. The van der Waals surface area contributed by atoms with Crippen LogP contribution in [0.5, 0.6) is 0 Å². The van der Waals surface area contributed by atoms with Crippen molar-refractivity contribution in [3.63, 3.8) is 0 Å². The van der Waals surface area contributed by atoms with Crippen LogP contribution < -0.4 is 10.0 Å². The number of nitrogens with zero attached hydrogens (tertiary/aromatic N) is 2. The van der Waals surface area contributed by atoms with Crippen LogP contribution in [-0.2, 0) is 10.0 Å². The quantitative estimate of drug-likeness (QED) is 0.257. The lowest BCUT2D eigenvalue weighted by atomic mass is 9.82. The van der Waals surface area contributed by atoms with Gasteiger partial charge in [0.05, 0.1) is 12.3 Å². The number of benzene rings is 1. The van der Waals surface area contributed by atoms with Crippen molar-refractivity contribution in [3.8, 4) is 0 Å². The molecule has 154 valence electrons. The summed E-state index contributed by atoms with van der Waals surface area (Å²) < 4.78 is 25.6. The molecule has 1 aliphatic heterocycles. The van der Waals surface area contributed by atoms with Crippen LogP contribution in [0.2, 0.25) is 0 Å². The molecule has 27 heavy (non-hydrogen) atoms. The number of likely N-dealkylation sites (tertiary alicyclic amines) is 1. The predicted octanol–water partition coefficient (Wildman–Crippen LogP) is 2.63. The highest BCUT2D eigenvalue weighted by atomic mass is 127. The Labute approximate surface area is 181 Å². The molecule has 1 aliphatic rings. The summed E-state index contributed by atoms with van der Waals surface area (Å²) in [6.07, 6.45) is 1.10. The van der Waals surface area contributed by atoms with E-state index in [9.17, 15) is 8.42 Å². The first-order valence-electron chi connectivity index (χ1n) is 9.52. The molecule has 0 spiro atoms. The van der Waals surface area contributed by atoms with Gasteiger partial charge < -0.3 is 10.2 Å². The number of hydrogen-bond donors (Lipinski definition) is 2. The van der Waals surface area contributed by atoms with E-state index in [2.05, 4.69) is 64.1 Å². The van der Waals surface area contributed by atoms with Crippen molar-refractivity contribution >= 4 is 40.0 Å². The molecule has 1 heterocycles. The Balaban J connectivity index is 0.00000364. The van der Waals surface area contributed by atoms with Gasteiger partial charge in [0.1, 0.15) is 0 Å². The highest BCUT2D eigenvalue weighted by molar-refractivity contribution is 14.0. The summed E-state index contributed by atoms with van der Waals surface area (Å²) >= 11 is 0. The molecule has 1 aromatic carbocycles. The van der Waals surface area contributed by atoms with Gasteiger partial charge in [0.15, 0.2) is 5.96 Å². The number of halogens is 1. The van der Waals surface area contributed by atoms with Crippen LogP contribution in [0.25, 0.3) is 0 Å². The molecule has 2 N–H and O–H groups in total. The summed E-state index contributed by atoms with van der Waals surface area (Å²) in [7, 11) is -3.15. The maximum Gasteiger partial charge on any atom is 0.211 e. The second-order valence-corrected chi connectivity index (χ2v) is 8.86. The Morgan fingerprint density at radius 3 is 2.56 bits per heavy atom. The molecule has 0 saturated carbocycles. The van der Waals surface area contributed by atoms with Crippen molar-refractivity contribution in [2.45, 2.75) is 33.1 Å². The highest BCUT2D eigenvalue weighted by Gasteiger charge is 2.28. The van der Waals surface area contributed by atoms with Crippen LogP contribution in [0.1, 0.15) is 38.7 Å². The Bertz CT molecular complexity index is 682. The lowest BCUT2D eigenvalue weighted by Gasteiger charge is -2.39. The van der Waals surface area contributed by atoms with Crippen molar-refractivity contribution in [2.24, 2.45) is 10.9 Å². The third-order valence-electron chi connectivity index (χ3n) is 4.84. The lowest BCUT2D eigenvalue weighted by molar-refractivity contribution is 0.234. The molecule has 1 fully saturated rings. The normalized spacial score (nSPS) is 20.9. The molecule has 1 saturated heterocycles. The minimum atomic E-state index is -3.15. The van der Waals surface area contributed by atoms with E-state index in [4.69, 9.17) is 0 Å². The summed E-state index contributed by atoms with van der Waals surface area (Å²) in [5.41, 5.74) is 1.41. The summed E-state index contributed by atoms with van der Waals surface area (Å²) in [5, 5.41) is 3.34. The van der Waals surface area contributed by atoms with Gasteiger partial charge in [-0.15, -0.1) is 24.0 Å². The van der Waals surface area contributed by atoms with Gasteiger partial charge in [0.25, 0.3) is 0 Å². The van der Waals surface area contributed by atoms with Crippen molar-refractivity contribution in [2.75, 3.05) is 38.5 Å². The minimum Gasteiger partial charge on any atom is -0.357 e. The fourth-order valence-corrected chi connectivity index (χ4v) is 4.03. The van der Waals surface area contributed by atoms with E-state index >= 15 is 0 Å². The first-order chi connectivity index (χ1) is 12.5. The highest BCUT2D eigenvalue weighted by Crippen LogP contribution is 2.32. The molecular weight excluding hydrogens is 475 g/mol. The predicted molar refractivity (Wildman–Crippen MR) is 123 cm³/mol. The van der Waals surface area contributed by atoms with Gasteiger partial charge >= 0.3 is 0 Å². The molecule has 1 aromatic rings. The smallest absolute Gasteiger partial charge is 0.211 e. The molecule has 2 unspecified atom stereocenters. The van der Waals surface area contributed by atoms with Gasteiger partial charge in [-0.05, 0) is 37.7 Å². The zero-order valence-corrected chi connectivity index (χ0v) is 19.7. The van der Waals surface area contributed by atoms with Gasteiger partial charge in [-0.25, -0.2) is 13.1 Å². The zero-order chi connectivity index (χ0) is 19.0. The number of hydrogen-bond acceptors (Lipinski definition) is 3. The van der Waals surface area contributed by atoms with Crippen LogP contribution in [0.15, 0.2) is 35.3 Å². The molecular formula is C19H33IN4O2S. The molecule has 0 bridgehead atoms. The summed E-state index contributed by atoms with van der Waals surface area (Å²) in [4.78, 5) is 6.90. The topological polar surface area (TPSA) is 73.8 Å². The van der Waals surface area contributed by atoms with Gasteiger partial charge in [-0.1, -0.05) is 37.3 Å². The molecule has 0 aliphatic carbocycles. The second-order valence-electron chi connectivity index (χ2n) is 6.76. The third kappa shape index (κ3) is 7.57. The average Bonchev–Trinajstić information content (AvgIpc) is 2.65. The van der Waals surface area contributed by atoms with E-state index in [-0.39, 0.29) is 29.7 Å². The van der Waals surface area contributed by atoms with Crippen LogP contribution in [-0.4, -0.2) is 57.8 Å². The van der Waals surface area contributed by atoms with Crippen LogP contribution in [0.4, 0.5) is 0 Å². The summed E-state index contributed by atoms with van der Waals surface area (Å²) in [5.74, 6) is 2.09. The minimum absolute atomic E-state index is 0. The molecule has 0 aromatic heterocycles. The number of nitrogens with one attached hydrogen (secondary N) is 2. The first-order valence-corrected chi connectivity index (χ1v) is 11.2. The largest absolute Gasteiger partial charge is 0.357 e. The zero-order valence-electron chi connectivity index (χ0n) is 16.5. The van der Waals surface area contributed by atoms with E-state index in [1.807, 2.05) is 0 Å². The van der Waals surface area contributed by atoms with Crippen molar-refractivity contribution < 1.29 is 8.42 Å². The average molecular weight is 508 g/mol. The Morgan fingerprint density at radius 2 is 1.96 bits per heavy atom. The standard InChI is InChI=1S/C19H32N4O2S.HI/c1-4-20-19(21-12-13-22-26(24,25)5-2)23-14-11-18(16(3)15-23)17-9-7-6-8-10-17;/h6-10,16,18,22H,4-5,11-15H2,1-3H3,(H,20,21);1H. The van der Waals surface area contributed by atoms with Crippen LogP contribution in [0.3, 0.4) is 0 Å². The van der Waals surface area contributed by atoms with Crippen LogP contribution in [0, 0.1) is 5.92 Å². The maximum atomic E-state index is 11.5. The Morgan fingerprint density at radius 1 is 1.26 bits per heavy atom. The fourth-order valence-electron chi connectivity index (χ4n) is 3.42. The molecule has 0 radical (unpaired) electrons. The van der Waals surface area contributed by atoms with Gasteiger partial charge in [0, 0.05) is 26.2 Å². The summed E-state index contributed by atoms with van der Waals surface area (Å²) in [6, 6.07) is 10.7. The molecule has 2 rings (SSSR count). The van der Waals surface area contributed by atoms with Crippen molar-refractivity contribution in [3.05, 3.63) is 35.9 Å². The number of guanidine groups is 1. The summed E-state index contributed by atoms with van der Waals surface area (Å²) in [6.45, 7) is 9.46. The molecule has 0 amide bonds. The lowest BCUT2D eigenvalue weighted by Crippen LogP contribution is -2.48. The van der Waals surface area contributed by atoms with Gasteiger partial charge in [-0.2, -0.15) is 0 Å². The van der Waals surface area contributed by atoms with Gasteiger partial charge in [-0.3, -0.25) is 4.99 Å². The first kappa shape index (κ1) is 24.2. The van der Waals surface area contributed by atoms with Crippen LogP contribution >= 0.6 is 24.0 Å². The van der Waals surface area contributed by atoms with E-state index < -0.39 is 10.0 Å².